The Morgan fingerprint density at radius 2 is 1.52 bits per heavy atom. The second-order valence-electron chi connectivity index (χ2n) is 7.02. The molecule has 0 saturated carbocycles. The van der Waals surface area contributed by atoms with Crippen LogP contribution < -0.4 is 0 Å². The molecule has 1 aliphatic rings. The third-order valence-corrected chi connectivity index (χ3v) is 4.85. The molecule has 4 rings (SSSR count). The first kappa shape index (κ1) is 41.0. The molecular weight excluding hydrogens is 498 g/mol. The van der Waals surface area contributed by atoms with E-state index < -0.39 is 0 Å². The standard InChI is InChI=1S/C16H17N5O2.C5H8.C4H8.4C2H6/c1-20-14(16(22)21-4-6-23-7-5-21)8-11-2-3-13(19-15(11)20)12-9-17-18-10-12;1-3-5-4-2;1-3-4-2;4*1-2/h2-3,8-10H,4-7H2,1H3,(H,17,18);3-5H,1H2,2H3;3-4H,1-2H3;4*1-2H3/b;5-4-;4-3-;;;;. The molecule has 1 N–H and O–H groups in total. The summed E-state index contributed by atoms with van der Waals surface area (Å²) in [5.41, 5.74) is 3.20. The Bertz CT molecular complexity index is 1040. The number of nitrogens with one attached hydrogen (secondary N) is 1. The van der Waals surface area contributed by atoms with E-state index in [1.165, 1.54) is 0 Å². The summed E-state index contributed by atoms with van der Waals surface area (Å²) in [4.78, 5) is 19.2. The minimum atomic E-state index is 0.0265. The lowest BCUT2D eigenvalue weighted by atomic mass is 10.2. The van der Waals surface area contributed by atoms with Gasteiger partial charge in [-0.05, 0) is 39.0 Å². The highest BCUT2D eigenvalue weighted by molar-refractivity contribution is 5.98. The number of aryl methyl sites for hydroxylation is 1. The number of pyridine rings is 1. The maximum Gasteiger partial charge on any atom is 0.270 e. The van der Waals surface area contributed by atoms with Gasteiger partial charge in [0, 0.05) is 37.3 Å². The van der Waals surface area contributed by atoms with Crippen molar-refractivity contribution < 1.29 is 9.53 Å². The average Bonchev–Trinajstić information content (AvgIpc) is 3.70. The molecule has 40 heavy (non-hydrogen) atoms. The zero-order valence-electron chi connectivity index (χ0n) is 27.4. The Balaban J connectivity index is -0.000000678. The number of hydrogen-bond donors (Lipinski definition) is 1. The van der Waals surface area contributed by atoms with Crippen molar-refractivity contribution in [1.29, 1.82) is 0 Å². The first-order chi connectivity index (χ1) is 19.6. The molecule has 3 aromatic rings. The molecule has 1 saturated heterocycles. The number of aromatic nitrogens is 4. The minimum Gasteiger partial charge on any atom is -0.378 e. The maximum atomic E-state index is 12.7. The Hall–Kier alpha value is -3.45. The van der Waals surface area contributed by atoms with Crippen LogP contribution in [0.15, 0.2) is 67.6 Å². The van der Waals surface area contributed by atoms with E-state index in [-0.39, 0.29) is 5.91 Å². The molecule has 7 heteroatoms. The summed E-state index contributed by atoms with van der Waals surface area (Å²) >= 11 is 0. The van der Waals surface area contributed by atoms with Crippen LogP contribution in [0, 0.1) is 0 Å². The van der Waals surface area contributed by atoms with Crippen LogP contribution >= 0.6 is 0 Å². The van der Waals surface area contributed by atoms with Crippen LogP contribution in [0.5, 0.6) is 0 Å². The molecule has 0 radical (unpaired) electrons. The van der Waals surface area contributed by atoms with Gasteiger partial charge in [-0.15, -0.1) is 0 Å². The van der Waals surface area contributed by atoms with Crippen LogP contribution in [-0.2, 0) is 11.8 Å². The predicted molar refractivity (Wildman–Crippen MR) is 176 cm³/mol. The molecule has 0 aliphatic carbocycles. The average molecular weight is 556 g/mol. The molecule has 4 heterocycles. The molecule has 0 unspecified atom stereocenters. The molecule has 0 atom stereocenters. The summed E-state index contributed by atoms with van der Waals surface area (Å²) in [5, 5.41) is 7.69. The van der Waals surface area contributed by atoms with E-state index in [1.807, 2.05) is 135 Å². The zero-order valence-corrected chi connectivity index (χ0v) is 27.4. The highest BCUT2D eigenvalue weighted by atomic mass is 16.5. The largest absolute Gasteiger partial charge is 0.378 e. The van der Waals surface area contributed by atoms with E-state index in [0.717, 1.165) is 22.3 Å². The van der Waals surface area contributed by atoms with Crippen molar-refractivity contribution in [3.8, 4) is 11.3 Å². The van der Waals surface area contributed by atoms with Gasteiger partial charge in [0.15, 0.2) is 0 Å². The summed E-state index contributed by atoms with van der Waals surface area (Å²) in [5.74, 6) is 0.0265. The van der Waals surface area contributed by atoms with Crippen LogP contribution in [0.4, 0.5) is 0 Å². The SMILES string of the molecule is C/C=C\C.C=C/C=C\C.CC.CC.CC.CC.Cn1c(C(=O)N2CCOCC2)cc2ccc(-c3cn[nH]c3)nc21. The van der Waals surface area contributed by atoms with Gasteiger partial charge < -0.3 is 14.2 Å². The molecule has 0 bridgehead atoms. The smallest absolute Gasteiger partial charge is 0.270 e. The molecule has 1 fully saturated rings. The van der Waals surface area contributed by atoms with Crippen molar-refractivity contribution in [2.75, 3.05) is 26.3 Å². The van der Waals surface area contributed by atoms with E-state index in [4.69, 9.17) is 4.74 Å². The number of hydrogen-bond acceptors (Lipinski definition) is 4. The molecule has 1 aliphatic heterocycles. The normalized spacial score (nSPS) is 11.4. The van der Waals surface area contributed by atoms with E-state index in [0.29, 0.717) is 32.0 Å². The summed E-state index contributed by atoms with van der Waals surface area (Å²) < 4.78 is 7.17. The molecule has 1 amide bonds. The van der Waals surface area contributed by atoms with Gasteiger partial charge in [-0.1, -0.05) is 92.3 Å². The lowest BCUT2D eigenvalue weighted by molar-refractivity contribution is 0.0297. The Morgan fingerprint density at radius 1 is 0.950 bits per heavy atom. The fourth-order valence-electron chi connectivity index (χ4n) is 3.02. The Kier molecular flexibility index (Phi) is 29.3. The third-order valence-electron chi connectivity index (χ3n) is 4.85. The van der Waals surface area contributed by atoms with E-state index in [9.17, 15) is 4.79 Å². The number of rotatable bonds is 3. The molecular formula is C33H57N5O2. The van der Waals surface area contributed by atoms with Crippen LogP contribution in [0.1, 0.15) is 86.6 Å². The van der Waals surface area contributed by atoms with Gasteiger partial charge in [-0.25, -0.2) is 4.98 Å². The fourth-order valence-corrected chi connectivity index (χ4v) is 3.02. The number of carbonyl (C=O) groups is 1. The lowest BCUT2D eigenvalue weighted by Crippen LogP contribution is -2.41. The van der Waals surface area contributed by atoms with Gasteiger partial charge in [0.25, 0.3) is 5.91 Å². The van der Waals surface area contributed by atoms with Crippen molar-refractivity contribution in [1.82, 2.24) is 24.6 Å². The van der Waals surface area contributed by atoms with Gasteiger partial charge >= 0.3 is 0 Å². The van der Waals surface area contributed by atoms with Crippen LogP contribution in [0.2, 0.25) is 0 Å². The Labute approximate surface area is 245 Å². The molecule has 0 aromatic carbocycles. The first-order valence-corrected chi connectivity index (χ1v) is 14.7. The summed E-state index contributed by atoms with van der Waals surface area (Å²) in [6.07, 6.45) is 13.1. The van der Waals surface area contributed by atoms with Crippen molar-refractivity contribution in [2.45, 2.75) is 76.2 Å². The van der Waals surface area contributed by atoms with E-state index in [2.05, 4.69) is 21.8 Å². The number of carbonyl (C=O) groups excluding carboxylic acids is 1. The maximum absolute atomic E-state index is 12.7. The zero-order chi connectivity index (χ0) is 31.3. The van der Waals surface area contributed by atoms with Crippen molar-refractivity contribution in [3.63, 3.8) is 0 Å². The second kappa shape index (κ2) is 28.6. The number of H-pyrrole nitrogens is 1. The molecule has 7 nitrogen and oxygen atoms in total. The molecule has 3 aromatic heterocycles. The minimum absolute atomic E-state index is 0.0265. The number of fused-ring (bicyclic) bond motifs is 1. The van der Waals surface area contributed by atoms with Gasteiger partial charge in [0.1, 0.15) is 11.3 Å². The number of amides is 1. The number of ether oxygens (including phenoxy) is 1. The number of allylic oxidation sites excluding steroid dienone is 5. The number of aromatic amines is 1. The van der Waals surface area contributed by atoms with Gasteiger partial charge in [0.05, 0.1) is 25.1 Å². The van der Waals surface area contributed by atoms with Gasteiger partial charge in [0.2, 0.25) is 0 Å². The van der Waals surface area contributed by atoms with Crippen molar-refractivity contribution >= 4 is 16.9 Å². The predicted octanol–water partition coefficient (Wildman–Crippen LogP) is 8.87. The van der Waals surface area contributed by atoms with Crippen LogP contribution in [0.3, 0.4) is 0 Å². The van der Waals surface area contributed by atoms with E-state index >= 15 is 0 Å². The topological polar surface area (TPSA) is 76.0 Å². The van der Waals surface area contributed by atoms with Gasteiger partial charge in [-0.2, -0.15) is 5.10 Å². The number of nitrogens with zero attached hydrogens (tertiary/aromatic N) is 4. The van der Waals surface area contributed by atoms with Crippen LogP contribution in [-0.4, -0.2) is 56.9 Å². The highest BCUT2D eigenvalue weighted by Crippen LogP contribution is 2.23. The fraction of sp³-hybridized carbons (Fsp3) is 0.485. The van der Waals surface area contributed by atoms with Crippen LogP contribution in [0.25, 0.3) is 22.3 Å². The highest BCUT2D eigenvalue weighted by Gasteiger charge is 2.22. The lowest BCUT2D eigenvalue weighted by Gasteiger charge is -2.26. The number of morpholine rings is 1. The quantitative estimate of drug-likeness (QED) is 0.259. The summed E-state index contributed by atoms with van der Waals surface area (Å²) in [6.45, 7) is 27.9. The summed E-state index contributed by atoms with van der Waals surface area (Å²) in [7, 11) is 1.88. The van der Waals surface area contributed by atoms with E-state index in [1.54, 1.807) is 18.5 Å². The third kappa shape index (κ3) is 14.6. The molecule has 226 valence electrons. The molecule has 0 spiro atoms. The monoisotopic (exact) mass is 555 g/mol. The summed E-state index contributed by atoms with van der Waals surface area (Å²) in [6, 6.07) is 5.83. The second-order valence-corrected chi connectivity index (χ2v) is 7.02. The first-order valence-electron chi connectivity index (χ1n) is 14.7. The Morgan fingerprint density at radius 3 is 1.95 bits per heavy atom. The van der Waals surface area contributed by atoms with Crippen molar-refractivity contribution in [2.24, 2.45) is 7.05 Å². The van der Waals surface area contributed by atoms with Gasteiger partial charge in [-0.3, -0.25) is 9.89 Å². The van der Waals surface area contributed by atoms with Crippen molar-refractivity contribution in [3.05, 3.63) is 73.2 Å².